The molecule has 27 heavy (non-hydrogen) atoms. The molecule has 1 aromatic carbocycles. The molecule has 1 N–H and O–H groups in total. The van der Waals surface area contributed by atoms with E-state index in [9.17, 15) is 9.59 Å². The molecule has 0 saturated heterocycles. The molecular formula is C20H24N2O5. The maximum Gasteiger partial charge on any atom is 0.396 e. The molecule has 2 aromatic rings. The Morgan fingerprint density at radius 3 is 2.70 bits per heavy atom. The summed E-state index contributed by atoms with van der Waals surface area (Å²) in [7, 11) is 1.19. The summed E-state index contributed by atoms with van der Waals surface area (Å²) in [5.41, 5.74) is 0.709. The first-order chi connectivity index (χ1) is 12.9. The first-order valence-corrected chi connectivity index (χ1v) is 8.91. The molecule has 0 radical (unpaired) electrons. The van der Waals surface area contributed by atoms with Crippen LogP contribution < -0.4 is 10.1 Å². The van der Waals surface area contributed by atoms with E-state index in [2.05, 4.69) is 29.1 Å². The molecule has 1 fully saturated rings. The van der Waals surface area contributed by atoms with E-state index in [4.69, 9.17) is 9.26 Å². The average molecular weight is 372 g/mol. The van der Waals surface area contributed by atoms with Crippen molar-refractivity contribution < 1.29 is 23.6 Å². The fourth-order valence-electron chi connectivity index (χ4n) is 3.36. The van der Waals surface area contributed by atoms with Crippen molar-refractivity contribution in [3.05, 3.63) is 47.9 Å². The lowest BCUT2D eigenvalue weighted by Crippen LogP contribution is -2.59. The normalized spacial score (nSPS) is 20.4. The molecular weight excluding hydrogens is 348 g/mol. The lowest BCUT2D eigenvalue weighted by molar-refractivity contribution is -0.154. The van der Waals surface area contributed by atoms with E-state index >= 15 is 0 Å². The van der Waals surface area contributed by atoms with Gasteiger partial charge in [0.05, 0.1) is 12.8 Å². The molecule has 7 heteroatoms. The van der Waals surface area contributed by atoms with Crippen molar-refractivity contribution in [2.45, 2.75) is 39.3 Å². The van der Waals surface area contributed by atoms with Crippen LogP contribution in [-0.2, 0) is 27.4 Å². The molecule has 1 aromatic heterocycles. The van der Waals surface area contributed by atoms with Gasteiger partial charge in [-0.05, 0) is 36.3 Å². The number of ether oxygens (including phenoxy) is 2. The average Bonchev–Trinajstić information content (AvgIpc) is 3.13. The molecule has 1 amide bonds. The number of aromatic nitrogens is 1. The summed E-state index contributed by atoms with van der Waals surface area (Å²) in [6, 6.07) is 11.4. The zero-order valence-electron chi connectivity index (χ0n) is 15.7. The van der Waals surface area contributed by atoms with Crippen molar-refractivity contribution in [2.75, 3.05) is 7.11 Å². The van der Waals surface area contributed by atoms with Gasteiger partial charge in [-0.1, -0.05) is 37.2 Å². The molecule has 144 valence electrons. The second-order valence-electron chi connectivity index (χ2n) is 7.36. The highest BCUT2D eigenvalue weighted by atomic mass is 16.5. The predicted octanol–water partition coefficient (Wildman–Crippen LogP) is 2.50. The van der Waals surface area contributed by atoms with Crippen molar-refractivity contribution in [1.82, 2.24) is 10.5 Å². The van der Waals surface area contributed by atoms with E-state index in [0.717, 1.165) is 24.3 Å². The molecule has 1 saturated carbocycles. The van der Waals surface area contributed by atoms with Crippen LogP contribution in [0.15, 0.2) is 40.9 Å². The minimum atomic E-state index is -0.867. The van der Waals surface area contributed by atoms with Gasteiger partial charge in [0.2, 0.25) is 0 Å². The number of nitrogens with zero attached hydrogens (tertiary/aromatic N) is 1. The first-order valence-electron chi connectivity index (χ1n) is 8.91. The van der Waals surface area contributed by atoms with Crippen LogP contribution in [0.1, 0.15) is 31.7 Å². The Hall–Kier alpha value is -2.83. The van der Waals surface area contributed by atoms with Gasteiger partial charge in [-0.2, -0.15) is 0 Å². The number of carbonyl (C=O) groups is 2. The fraction of sp³-hybridized carbons (Fsp3) is 0.450. The molecule has 0 aliphatic heterocycles. The summed E-state index contributed by atoms with van der Waals surface area (Å²) in [6.45, 7) is 4.47. The third kappa shape index (κ3) is 4.30. The minimum Gasteiger partial charge on any atom is -0.486 e. The van der Waals surface area contributed by atoms with Crippen molar-refractivity contribution in [2.24, 2.45) is 11.3 Å². The number of para-hydroxylation sites is 1. The van der Waals surface area contributed by atoms with Gasteiger partial charge in [-0.15, -0.1) is 0 Å². The largest absolute Gasteiger partial charge is 0.486 e. The lowest BCUT2D eigenvalue weighted by Gasteiger charge is -2.52. The second-order valence-corrected chi connectivity index (χ2v) is 7.36. The number of amides is 1. The number of carbonyl (C=O) groups excluding carboxylic acids is 2. The van der Waals surface area contributed by atoms with Gasteiger partial charge in [0.25, 0.3) is 0 Å². The smallest absolute Gasteiger partial charge is 0.396 e. The van der Waals surface area contributed by atoms with Crippen molar-refractivity contribution in [3.8, 4) is 5.75 Å². The molecule has 1 heterocycles. The van der Waals surface area contributed by atoms with Gasteiger partial charge < -0.3 is 19.3 Å². The minimum absolute atomic E-state index is 0.0677. The van der Waals surface area contributed by atoms with Crippen LogP contribution in [0.3, 0.4) is 0 Å². The van der Waals surface area contributed by atoms with E-state index in [0.29, 0.717) is 18.3 Å². The summed E-state index contributed by atoms with van der Waals surface area (Å²) in [5, 5.41) is 6.87. The van der Waals surface area contributed by atoms with Crippen LogP contribution >= 0.6 is 0 Å². The standard InChI is InChI=1S/C20H24N2O5/c1-20(2)13(10-17(20)21-18(23)19(24)25-3)9-14-11-16(27-22-14)12-26-15-7-5-4-6-8-15/h4-8,11,13,17H,9-10,12H2,1-3H3,(H,21,23). The zero-order chi connectivity index (χ0) is 19.4. The summed E-state index contributed by atoms with van der Waals surface area (Å²) >= 11 is 0. The highest BCUT2D eigenvalue weighted by Crippen LogP contribution is 2.47. The maximum atomic E-state index is 11.7. The Balaban J connectivity index is 1.51. The van der Waals surface area contributed by atoms with Crippen molar-refractivity contribution in [1.29, 1.82) is 0 Å². The summed E-state index contributed by atoms with van der Waals surface area (Å²) in [5.74, 6) is 0.208. The van der Waals surface area contributed by atoms with Crippen molar-refractivity contribution in [3.63, 3.8) is 0 Å². The highest BCUT2D eigenvalue weighted by Gasteiger charge is 2.49. The molecule has 0 bridgehead atoms. The third-order valence-electron chi connectivity index (χ3n) is 5.33. The molecule has 3 rings (SSSR count). The third-order valence-corrected chi connectivity index (χ3v) is 5.33. The molecule has 2 unspecified atom stereocenters. The first kappa shape index (κ1) is 18.9. The Kier molecular flexibility index (Phi) is 5.48. The van der Waals surface area contributed by atoms with E-state index in [1.165, 1.54) is 7.11 Å². The quantitative estimate of drug-likeness (QED) is 0.619. The van der Waals surface area contributed by atoms with Gasteiger partial charge >= 0.3 is 11.9 Å². The van der Waals surface area contributed by atoms with Gasteiger partial charge in [0.15, 0.2) is 5.76 Å². The monoisotopic (exact) mass is 372 g/mol. The van der Waals surface area contributed by atoms with Gasteiger partial charge in [-0.25, -0.2) is 4.79 Å². The number of hydrogen-bond donors (Lipinski definition) is 1. The second kappa shape index (κ2) is 7.82. The summed E-state index contributed by atoms with van der Waals surface area (Å²) in [4.78, 5) is 23.0. The number of rotatable bonds is 6. The Bertz CT molecular complexity index is 800. The number of nitrogens with one attached hydrogen (secondary N) is 1. The Morgan fingerprint density at radius 1 is 1.30 bits per heavy atom. The predicted molar refractivity (Wildman–Crippen MR) is 96.8 cm³/mol. The molecule has 0 spiro atoms. The zero-order valence-corrected chi connectivity index (χ0v) is 15.7. The molecule has 2 atom stereocenters. The van der Waals surface area contributed by atoms with E-state index in [1.54, 1.807) is 0 Å². The number of benzene rings is 1. The van der Waals surface area contributed by atoms with E-state index in [1.807, 2.05) is 36.4 Å². The highest BCUT2D eigenvalue weighted by molar-refractivity contribution is 6.32. The fourth-order valence-corrected chi connectivity index (χ4v) is 3.36. The van der Waals surface area contributed by atoms with Crippen LogP contribution in [0.5, 0.6) is 5.75 Å². The van der Waals surface area contributed by atoms with Crippen LogP contribution in [0.25, 0.3) is 0 Å². The SMILES string of the molecule is COC(=O)C(=O)NC1CC(Cc2cc(COc3ccccc3)on2)C1(C)C. The lowest BCUT2D eigenvalue weighted by atomic mass is 9.57. The van der Waals surface area contributed by atoms with E-state index < -0.39 is 11.9 Å². The van der Waals surface area contributed by atoms with E-state index in [-0.39, 0.29) is 11.5 Å². The molecule has 7 nitrogen and oxygen atoms in total. The van der Waals surface area contributed by atoms with Crippen LogP contribution in [0.4, 0.5) is 0 Å². The summed E-state index contributed by atoms with van der Waals surface area (Å²) in [6.07, 6.45) is 1.52. The van der Waals surface area contributed by atoms with Crippen LogP contribution in [0.2, 0.25) is 0 Å². The maximum absolute atomic E-state index is 11.7. The summed E-state index contributed by atoms with van der Waals surface area (Å²) < 4.78 is 15.5. The molecule has 1 aliphatic rings. The van der Waals surface area contributed by atoms with Gasteiger partial charge in [-0.3, -0.25) is 4.79 Å². The van der Waals surface area contributed by atoms with Crippen molar-refractivity contribution >= 4 is 11.9 Å². The van der Waals surface area contributed by atoms with Gasteiger partial charge in [0, 0.05) is 12.1 Å². The topological polar surface area (TPSA) is 90.7 Å². The number of hydrogen-bond acceptors (Lipinski definition) is 6. The number of esters is 1. The van der Waals surface area contributed by atoms with Gasteiger partial charge in [0.1, 0.15) is 12.4 Å². The van der Waals surface area contributed by atoms with Crippen LogP contribution in [-0.4, -0.2) is 30.2 Å². The Morgan fingerprint density at radius 2 is 2.04 bits per heavy atom. The Labute approximate surface area is 158 Å². The number of methoxy groups -OCH3 is 1. The van der Waals surface area contributed by atoms with Crippen LogP contribution in [0, 0.1) is 11.3 Å². The molecule has 1 aliphatic carbocycles.